The topological polar surface area (TPSA) is 75.5 Å². The normalized spacial score (nSPS) is 27.3. The second kappa shape index (κ2) is 7.48. The van der Waals surface area contributed by atoms with Crippen LogP contribution in [0.15, 0.2) is 76.0 Å². The molecule has 5 heterocycles. The second-order valence-electron chi connectivity index (χ2n) is 10.7. The summed E-state index contributed by atoms with van der Waals surface area (Å²) in [5.41, 5.74) is 2.68. The molecule has 4 aliphatic heterocycles. The number of carbonyl (C=O) groups is 2. The van der Waals surface area contributed by atoms with Crippen molar-refractivity contribution in [1.29, 1.82) is 0 Å². The standard InChI is InChI=1S/C30H23BrN4O3/c1-16-12-13-22(19(31)15-16)34-27(37)24-23-11-6-14-33(23)30(25(24)28(34)38)18-8-3-5-10-21(18)35-26(36)17-7-2-4-9-20(17)32-29(30)35/h2-5,7-10,12-13,15,23-25H,6,11,14H2,1H3/t23-,24+,25+,30+/m0/s1. The molecule has 8 rings (SSSR count). The monoisotopic (exact) mass is 566 g/mol. The highest BCUT2D eigenvalue weighted by Crippen LogP contribution is 2.62. The van der Waals surface area contributed by atoms with Crippen LogP contribution in [0.1, 0.15) is 29.8 Å². The van der Waals surface area contributed by atoms with Gasteiger partial charge in [0, 0.05) is 16.1 Å². The van der Waals surface area contributed by atoms with Gasteiger partial charge in [0.1, 0.15) is 11.4 Å². The van der Waals surface area contributed by atoms with Gasteiger partial charge in [-0.2, -0.15) is 0 Å². The molecule has 2 amide bonds. The molecule has 7 nitrogen and oxygen atoms in total. The number of benzene rings is 3. The van der Waals surface area contributed by atoms with Gasteiger partial charge in [0.15, 0.2) is 0 Å². The second-order valence-corrected chi connectivity index (χ2v) is 11.6. The van der Waals surface area contributed by atoms with Crippen LogP contribution in [0.2, 0.25) is 0 Å². The van der Waals surface area contributed by atoms with E-state index in [1.807, 2.05) is 67.6 Å². The number of fused-ring (bicyclic) bond motifs is 11. The molecule has 0 unspecified atom stereocenters. The first kappa shape index (κ1) is 22.4. The third-order valence-corrected chi connectivity index (χ3v) is 9.62. The van der Waals surface area contributed by atoms with Gasteiger partial charge in [-0.1, -0.05) is 36.4 Å². The summed E-state index contributed by atoms with van der Waals surface area (Å²) in [6.07, 6.45) is 1.75. The molecule has 188 valence electrons. The van der Waals surface area contributed by atoms with Gasteiger partial charge in [0.05, 0.1) is 34.1 Å². The molecule has 0 bridgehead atoms. The SMILES string of the molecule is Cc1ccc(N2C(=O)[C@@H]3[C@@H]4CCCN4[C@]4(c5ccccc5-n5c4nc4ccccc4c5=O)[C@H]3C2=O)c(Br)c1. The Morgan fingerprint density at radius 2 is 1.74 bits per heavy atom. The van der Waals surface area contributed by atoms with Gasteiger partial charge in [-0.3, -0.25) is 23.9 Å². The van der Waals surface area contributed by atoms with E-state index in [2.05, 4.69) is 20.8 Å². The number of nitrogens with zero attached hydrogens (tertiary/aromatic N) is 4. The molecule has 3 aromatic carbocycles. The van der Waals surface area contributed by atoms with Crippen molar-refractivity contribution >= 4 is 44.3 Å². The quantitative estimate of drug-likeness (QED) is 0.321. The van der Waals surface area contributed by atoms with Crippen LogP contribution in [-0.4, -0.2) is 38.9 Å². The Labute approximate surface area is 226 Å². The van der Waals surface area contributed by atoms with Gasteiger partial charge < -0.3 is 0 Å². The van der Waals surface area contributed by atoms with Gasteiger partial charge >= 0.3 is 0 Å². The number of halogens is 1. The molecule has 4 atom stereocenters. The van der Waals surface area contributed by atoms with E-state index < -0.39 is 17.4 Å². The lowest BCUT2D eigenvalue weighted by Crippen LogP contribution is -2.51. The molecule has 4 aliphatic rings. The number of para-hydroxylation sites is 2. The van der Waals surface area contributed by atoms with Gasteiger partial charge in [-0.05, 0) is 78.1 Å². The van der Waals surface area contributed by atoms with E-state index in [0.717, 1.165) is 36.2 Å². The van der Waals surface area contributed by atoms with Crippen molar-refractivity contribution in [1.82, 2.24) is 14.5 Å². The minimum atomic E-state index is -0.996. The highest BCUT2D eigenvalue weighted by atomic mass is 79.9. The molecule has 4 aromatic rings. The Hall–Kier alpha value is -3.62. The van der Waals surface area contributed by atoms with Crippen molar-refractivity contribution < 1.29 is 9.59 Å². The summed E-state index contributed by atoms with van der Waals surface area (Å²) in [5.74, 6) is -1.05. The Bertz CT molecular complexity index is 1800. The third kappa shape index (κ3) is 2.48. The van der Waals surface area contributed by atoms with Crippen LogP contribution in [-0.2, 0) is 15.1 Å². The minimum Gasteiger partial charge on any atom is -0.283 e. The van der Waals surface area contributed by atoms with Crippen molar-refractivity contribution in [3.63, 3.8) is 0 Å². The van der Waals surface area contributed by atoms with Crippen LogP contribution in [0, 0.1) is 18.8 Å². The number of rotatable bonds is 1. The van der Waals surface area contributed by atoms with Crippen LogP contribution in [0.3, 0.4) is 0 Å². The number of anilines is 1. The van der Waals surface area contributed by atoms with Crippen molar-refractivity contribution in [2.24, 2.45) is 11.8 Å². The summed E-state index contributed by atoms with van der Waals surface area (Å²) in [7, 11) is 0. The van der Waals surface area contributed by atoms with Crippen LogP contribution in [0.5, 0.6) is 0 Å². The first-order chi connectivity index (χ1) is 18.4. The van der Waals surface area contributed by atoms with Crippen molar-refractivity contribution in [3.05, 3.63) is 98.5 Å². The van der Waals surface area contributed by atoms with E-state index in [1.165, 1.54) is 4.90 Å². The fraction of sp³-hybridized carbons (Fsp3) is 0.267. The zero-order chi connectivity index (χ0) is 25.9. The number of hydrogen-bond acceptors (Lipinski definition) is 5. The zero-order valence-corrected chi connectivity index (χ0v) is 22.2. The minimum absolute atomic E-state index is 0.103. The molecular weight excluding hydrogens is 544 g/mol. The van der Waals surface area contributed by atoms with Crippen LogP contribution < -0.4 is 10.5 Å². The predicted octanol–water partition coefficient (Wildman–Crippen LogP) is 4.30. The Kier molecular flexibility index (Phi) is 4.41. The number of hydrogen-bond donors (Lipinski definition) is 0. The molecule has 8 heteroatoms. The van der Waals surface area contributed by atoms with Gasteiger partial charge in [-0.25, -0.2) is 9.88 Å². The molecule has 3 saturated heterocycles. The zero-order valence-electron chi connectivity index (χ0n) is 20.6. The third-order valence-electron chi connectivity index (χ3n) is 8.98. The molecular formula is C30H23BrN4O3. The van der Waals surface area contributed by atoms with E-state index in [-0.39, 0.29) is 23.4 Å². The Morgan fingerprint density at radius 1 is 0.947 bits per heavy atom. The summed E-state index contributed by atoms with van der Waals surface area (Å²) < 4.78 is 2.40. The number of imide groups is 1. The maximum Gasteiger partial charge on any atom is 0.266 e. The average Bonchev–Trinajstić information content (AvgIpc) is 3.62. The van der Waals surface area contributed by atoms with Gasteiger partial charge in [0.2, 0.25) is 11.8 Å². The summed E-state index contributed by atoms with van der Waals surface area (Å²) >= 11 is 3.60. The van der Waals surface area contributed by atoms with E-state index >= 15 is 0 Å². The lowest BCUT2D eigenvalue weighted by molar-refractivity contribution is -0.124. The lowest BCUT2D eigenvalue weighted by atomic mass is 9.75. The van der Waals surface area contributed by atoms with Crippen LogP contribution >= 0.6 is 15.9 Å². The summed E-state index contributed by atoms with van der Waals surface area (Å²) in [6.45, 7) is 2.71. The maximum absolute atomic E-state index is 14.5. The fourth-order valence-corrected chi connectivity index (χ4v) is 8.31. The van der Waals surface area contributed by atoms with E-state index in [0.29, 0.717) is 26.9 Å². The van der Waals surface area contributed by atoms with Gasteiger partial charge in [0.25, 0.3) is 5.56 Å². The maximum atomic E-state index is 14.5. The molecule has 38 heavy (non-hydrogen) atoms. The summed E-state index contributed by atoms with van der Waals surface area (Å²) in [5, 5.41) is 0.537. The van der Waals surface area contributed by atoms with Crippen LogP contribution in [0.4, 0.5) is 5.69 Å². The number of aromatic nitrogens is 2. The molecule has 0 aliphatic carbocycles. The molecule has 0 N–H and O–H groups in total. The lowest BCUT2D eigenvalue weighted by Gasteiger charge is -2.38. The van der Waals surface area contributed by atoms with Crippen LogP contribution in [0.25, 0.3) is 16.6 Å². The van der Waals surface area contributed by atoms with Crippen molar-refractivity contribution in [2.45, 2.75) is 31.3 Å². The predicted molar refractivity (Wildman–Crippen MR) is 146 cm³/mol. The number of amides is 2. The molecule has 1 spiro atoms. The van der Waals surface area contributed by atoms with E-state index in [9.17, 15) is 14.4 Å². The fourth-order valence-electron chi connectivity index (χ4n) is 7.64. The summed E-state index contributed by atoms with van der Waals surface area (Å²) in [6, 6.07) is 20.7. The summed E-state index contributed by atoms with van der Waals surface area (Å²) in [4.78, 5) is 51.5. The van der Waals surface area contributed by atoms with Crippen molar-refractivity contribution in [2.75, 3.05) is 11.4 Å². The molecule has 0 saturated carbocycles. The van der Waals surface area contributed by atoms with Gasteiger partial charge in [-0.15, -0.1) is 0 Å². The first-order valence-electron chi connectivity index (χ1n) is 13.0. The van der Waals surface area contributed by atoms with Crippen molar-refractivity contribution in [3.8, 4) is 5.69 Å². The first-order valence-corrected chi connectivity index (χ1v) is 13.8. The molecule has 0 radical (unpaired) electrons. The highest BCUT2D eigenvalue weighted by Gasteiger charge is 2.73. The smallest absolute Gasteiger partial charge is 0.266 e. The average molecular weight is 567 g/mol. The molecule has 1 aromatic heterocycles. The number of carbonyl (C=O) groups excluding carboxylic acids is 2. The Balaban J connectivity index is 1.45. The Morgan fingerprint density at radius 3 is 2.58 bits per heavy atom. The number of aryl methyl sites for hydroxylation is 1. The van der Waals surface area contributed by atoms with E-state index in [4.69, 9.17) is 4.98 Å². The van der Waals surface area contributed by atoms with E-state index in [1.54, 1.807) is 10.6 Å². The molecule has 3 fully saturated rings. The highest BCUT2D eigenvalue weighted by molar-refractivity contribution is 9.10. The largest absolute Gasteiger partial charge is 0.283 e.